The van der Waals surface area contributed by atoms with Crippen molar-refractivity contribution in [2.24, 2.45) is 5.41 Å². The standard InChI is InChI=1S/C17H19F3N2O2S/c1-16(2,3)15(12-5-4-8-25-12)21-13(23)10-22-9-11(17(18,19)20)6-7-14(22)24/h4-9,15H,10H2,1-3H3,(H,21,23). The highest BCUT2D eigenvalue weighted by Crippen LogP contribution is 2.35. The van der Waals surface area contributed by atoms with Crippen LogP contribution in [0.4, 0.5) is 13.2 Å². The van der Waals surface area contributed by atoms with E-state index < -0.39 is 29.8 Å². The van der Waals surface area contributed by atoms with Gasteiger partial charge in [-0.25, -0.2) is 0 Å². The first-order valence-electron chi connectivity index (χ1n) is 7.59. The lowest BCUT2D eigenvalue weighted by molar-refractivity contribution is -0.138. The highest BCUT2D eigenvalue weighted by molar-refractivity contribution is 7.10. The van der Waals surface area contributed by atoms with E-state index in [0.717, 1.165) is 15.5 Å². The molecule has 2 aromatic heterocycles. The summed E-state index contributed by atoms with van der Waals surface area (Å²) in [5.41, 5.74) is -1.92. The van der Waals surface area contributed by atoms with Crippen LogP contribution in [0.1, 0.15) is 37.3 Å². The van der Waals surface area contributed by atoms with Gasteiger partial charge in [-0.3, -0.25) is 9.59 Å². The number of halogens is 3. The summed E-state index contributed by atoms with van der Waals surface area (Å²) in [6.07, 6.45) is -3.91. The first-order valence-corrected chi connectivity index (χ1v) is 8.47. The number of nitrogens with zero attached hydrogens (tertiary/aromatic N) is 1. The van der Waals surface area contributed by atoms with Crippen LogP contribution < -0.4 is 10.9 Å². The van der Waals surface area contributed by atoms with Crippen molar-refractivity contribution in [3.8, 4) is 0 Å². The van der Waals surface area contributed by atoms with E-state index in [1.807, 2.05) is 38.3 Å². The number of amides is 1. The molecule has 0 aliphatic carbocycles. The van der Waals surface area contributed by atoms with Gasteiger partial charge in [0.15, 0.2) is 0 Å². The summed E-state index contributed by atoms with van der Waals surface area (Å²) in [6, 6.07) is 4.97. The normalized spacial score (nSPS) is 13.5. The molecule has 0 saturated heterocycles. The zero-order chi connectivity index (χ0) is 18.8. The van der Waals surface area contributed by atoms with Gasteiger partial charge < -0.3 is 9.88 Å². The fraction of sp³-hybridized carbons (Fsp3) is 0.412. The molecule has 0 fully saturated rings. The molecule has 0 saturated carbocycles. The summed E-state index contributed by atoms with van der Waals surface area (Å²) in [5, 5.41) is 4.71. The number of pyridine rings is 1. The molecule has 1 atom stereocenters. The van der Waals surface area contributed by atoms with Crippen molar-refractivity contribution in [1.29, 1.82) is 0 Å². The summed E-state index contributed by atoms with van der Waals surface area (Å²) >= 11 is 1.48. The lowest BCUT2D eigenvalue weighted by Crippen LogP contribution is -2.39. The molecule has 2 aromatic rings. The predicted octanol–water partition coefficient (Wildman–Crippen LogP) is 3.83. The van der Waals surface area contributed by atoms with Crippen molar-refractivity contribution in [3.63, 3.8) is 0 Å². The average Bonchev–Trinajstić information content (AvgIpc) is 2.98. The number of hydrogen-bond acceptors (Lipinski definition) is 3. The first-order chi connectivity index (χ1) is 11.5. The Morgan fingerprint density at radius 1 is 1.24 bits per heavy atom. The number of rotatable bonds is 4. The van der Waals surface area contributed by atoms with Crippen molar-refractivity contribution in [3.05, 3.63) is 56.6 Å². The van der Waals surface area contributed by atoms with E-state index in [2.05, 4.69) is 5.32 Å². The number of alkyl halides is 3. The molecule has 1 N–H and O–H groups in total. The van der Waals surface area contributed by atoms with E-state index in [-0.39, 0.29) is 11.5 Å². The molecule has 136 valence electrons. The molecule has 0 radical (unpaired) electrons. The highest BCUT2D eigenvalue weighted by atomic mass is 32.1. The summed E-state index contributed by atoms with van der Waals surface area (Å²) < 4.78 is 39.1. The summed E-state index contributed by atoms with van der Waals surface area (Å²) in [6.45, 7) is 5.39. The lowest BCUT2D eigenvalue weighted by Gasteiger charge is -2.31. The molecule has 8 heteroatoms. The quantitative estimate of drug-likeness (QED) is 0.887. The molecule has 0 aromatic carbocycles. The zero-order valence-electron chi connectivity index (χ0n) is 14.1. The third-order valence-corrected chi connectivity index (χ3v) is 4.56. The molecule has 25 heavy (non-hydrogen) atoms. The Morgan fingerprint density at radius 3 is 2.44 bits per heavy atom. The minimum absolute atomic E-state index is 0.292. The fourth-order valence-electron chi connectivity index (χ4n) is 2.35. The second kappa shape index (κ2) is 7.03. The van der Waals surface area contributed by atoms with Crippen LogP contribution in [0.2, 0.25) is 0 Å². The van der Waals surface area contributed by atoms with Gasteiger partial charge in [-0.1, -0.05) is 26.8 Å². The minimum Gasteiger partial charge on any atom is -0.346 e. The van der Waals surface area contributed by atoms with Gasteiger partial charge >= 0.3 is 6.18 Å². The van der Waals surface area contributed by atoms with E-state index in [1.165, 1.54) is 11.3 Å². The predicted molar refractivity (Wildman–Crippen MR) is 90.4 cm³/mol. The average molecular weight is 372 g/mol. The number of carbonyl (C=O) groups excluding carboxylic acids is 1. The maximum Gasteiger partial charge on any atom is 0.417 e. The minimum atomic E-state index is -4.57. The smallest absolute Gasteiger partial charge is 0.346 e. The number of carbonyl (C=O) groups is 1. The highest BCUT2D eigenvalue weighted by Gasteiger charge is 2.32. The van der Waals surface area contributed by atoms with Gasteiger partial charge in [-0.2, -0.15) is 13.2 Å². The first kappa shape index (κ1) is 19.2. The van der Waals surface area contributed by atoms with Crippen LogP contribution in [0.15, 0.2) is 40.6 Å². The number of thiophene rings is 1. The molecule has 2 rings (SSSR count). The van der Waals surface area contributed by atoms with E-state index >= 15 is 0 Å². The van der Waals surface area contributed by atoms with E-state index in [1.54, 1.807) is 0 Å². The van der Waals surface area contributed by atoms with Crippen molar-refractivity contribution in [2.75, 3.05) is 0 Å². The summed E-state index contributed by atoms with van der Waals surface area (Å²) in [7, 11) is 0. The second-order valence-corrected chi connectivity index (χ2v) is 7.74. The Morgan fingerprint density at radius 2 is 1.92 bits per heavy atom. The number of aromatic nitrogens is 1. The molecular weight excluding hydrogens is 353 g/mol. The molecule has 0 bridgehead atoms. The SMILES string of the molecule is CC(C)(C)C(NC(=O)Cn1cc(C(F)(F)F)ccc1=O)c1cccs1. The van der Waals surface area contributed by atoms with Gasteiger partial charge in [0.2, 0.25) is 5.91 Å². The third-order valence-electron chi connectivity index (χ3n) is 3.62. The number of nitrogens with one attached hydrogen (secondary N) is 1. The van der Waals surface area contributed by atoms with Crippen molar-refractivity contribution < 1.29 is 18.0 Å². The lowest BCUT2D eigenvalue weighted by atomic mass is 9.85. The van der Waals surface area contributed by atoms with Crippen LogP contribution in [0.5, 0.6) is 0 Å². The second-order valence-electron chi connectivity index (χ2n) is 6.76. The van der Waals surface area contributed by atoms with Gasteiger partial charge in [-0.15, -0.1) is 11.3 Å². The van der Waals surface area contributed by atoms with Gasteiger partial charge in [0, 0.05) is 17.1 Å². The van der Waals surface area contributed by atoms with Crippen molar-refractivity contribution >= 4 is 17.2 Å². The van der Waals surface area contributed by atoms with Crippen LogP contribution in [0.3, 0.4) is 0 Å². The number of hydrogen-bond donors (Lipinski definition) is 1. The van der Waals surface area contributed by atoms with E-state index in [0.29, 0.717) is 12.3 Å². The Balaban J connectivity index is 2.21. The third kappa shape index (κ3) is 4.94. The molecule has 0 aliphatic rings. The zero-order valence-corrected chi connectivity index (χ0v) is 14.9. The van der Waals surface area contributed by atoms with Crippen LogP contribution in [0.25, 0.3) is 0 Å². The monoisotopic (exact) mass is 372 g/mol. The van der Waals surface area contributed by atoms with E-state index in [9.17, 15) is 22.8 Å². The van der Waals surface area contributed by atoms with Crippen LogP contribution in [-0.4, -0.2) is 10.5 Å². The van der Waals surface area contributed by atoms with Crippen LogP contribution in [0, 0.1) is 5.41 Å². The van der Waals surface area contributed by atoms with Gasteiger partial charge in [0.25, 0.3) is 5.56 Å². The molecule has 0 aliphatic heterocycles. The van der Waals surface area contributed by atoms with Gasteiger partial charge in [-0.05, 0) is 22.9 Å². The van der Waals surface area contributed by atoms with E-state index in [4.69, 9.17) is 0 Å². The Kier molecular flexibility index (Phi) is 5.41. The van der Waals surface area contributed by atoms with Crippen molar-refractivity contribution in [1.82, 2.24) is 9.88 Å². The Hall–Kier alpha value is -2.09. The van der Waals surface area contributed by atoms with Crippen LogP contribution in [-0.2, 0) is 17.5 Å². The van der Waals surface area contributed by atoms with Gasteiger partial charge in [0.1, 0.15) is 6.54 Å². The molecule has 0 spiro atoms. The van der Waals surface area contributed by atoms with Crippen molar-refractivity contribution in [2.45, 2.75) is 39.5 Å². The largest absolute Gasteiger partial charge is 0.417 e. The summed E-state index contributed by atoms with van der Waals surface area (Å²) in [4.78, 5) is 25.0. The van der Waals surface area contributed by atoms with Crippen LogP contribution >= 0.6 is 11.3 Å². The Bertz CT molecular complexity index is 789. The fourth-order valence-corrected chi connectivity index (χ4v) is 3.37. The molecule has 4 nitrogen and oxygen atoms in total. The molecule has 2 heterocycles. The maximum atomic E-state index is 12.8. The summed E-state index contributed by atoms with van der Waals surface area (Å²) in [5.74, 6) is -0.519. The topological polar surface area (TPSA) is 51.1 Å². The molecular formula is C17H19F3N2O2S. The van der Waals surface area contributed by atoms with Gasteiger partial charge in [0.05, 0.1) is 11.6 Å². The molecule has 1 unspecified atom stereocenters. The maximum absolute atomic E-state index is 12.8. The Labute approximate surface area is 147 Å². The molecule has 1 amide bonds.